The maximum absolute atomic E-state index is 5.22. The average Bonchev–Trinajstić information content (AvgIpc) is 1.38. The van der Waals surface area contributed by atoms with Crippen molar-refractivity contribution in [3.63, 3.8) is 0 Å². The highest BCUT2D eigenvalue weighted by atomic mass is 35.5. The summed E-state index contributed by atoms with van der Waals surface area (Å²) in [4.78, 5) is 0. The van der Waals surface area contributed by atoms with Gasteiger partial charge < -0.3 is 6.15 Å². The summed E-state index contributed by atoms with van der Waals surface area (Å²) in [5.41, 5.74) is 0. The van der Waals surface area contributed by atoms with Crippen molar-refractivity contribution < 1.29 is 0 Å². The van der Waals surface area contributed by atoms with Crippen LogP contribution in [0.15, 0.2) is 0 Å². The van der Waals surface area contributed by atoms with E-state index in [-0.39, 0.29) is 10.7 Å². The van der Waals surface area contributed by atoms with E-state index in [1.165, 1.54) is 0 Å². The number of alkyl halides is 2. The lowest BCUT2D eigenvalue weighted by Gasteiger charge is -1.85. The van der Waals surface area contributed by atoms with E-state index in [9.17, 15) is 0 Å². The Labute approximate surface area is 51.6 Å². The summed E-state index contributed by atoms with van der Waals surface area (Å²) < 4.78 is -0.181. The van der Waals surface area contributed by atoms with Crippen LogP contribution < -0.4 is 6.15 Å². The van der Waals surface area contributed by atoms with Crippen LogP contribution in [0.4, 0.5) is 0 Å². The maximum Gasteiger partial charge on any atom is 0.127 e. The van der Waals surface area contributed by atoms with E-state index in [1.54, 1.807) is 0 Å². The minimum atomic E-state index is -0.181. The zero-order chi connectivity index (χ0) is 4.28. The first kappa shape index (κ1) is 10.4. The Morgan fingerprint density at radius 3 is 1.67 bits per heavy atom. The van der Waals surface area contributed by atoms with Crippen molar-refractivity contribution in [3.8, 4) is 0 Å². The molecule has 2 unspecified atom stereocenters. The molecule has 0 aliphatic carbocycles. The first-order chi connectivity index (χ1) is 2.27. The SMILES string of the molecule is N.PPC(Cl)Cl. The van der Waals surface area contributed by atoms with Crippen molar-refractivity contribution >= 4 is 40.4 Å². The van der Waals surface area contributed by atoms with Gasteiger partial charge in [-0.05, 0) is 0 Å². The molecule has 0 amide bonds. The molecular weight excluding hydrogens is 159 g/mol. The quantitative estimate of drug-likeness (QED) is 0.470. The highest BCUT2D eigenvalue weighted by Gasteiger charge is 1.86. The Kier molecular flexibility index (Phi) is 11.1. The van der Waals surface area contributed by atoms with Crippen LogP contribution >= 0.6 is 40.4 Å². The number of hydrogen-bond acceptors (Lipinski definition) is 1. The van der Waals surface area contributed by atoms with Gasteiger partial charge in [-0.15, -0.1) is 32.1 Å². The van der Waals surface area contributed by atoms with Gasteiger partial charge in [0, 0.05) is 0 Å². The fraction of sp³-hybridized carbons (Fsp3) is 1.00. The fourth-order valence-corrected chi connectivity index (χ4v) is 0. The van der Waals surface area contributed by atoms with Gasteiger partial charge in [0.15, 0.2) is 0 Å². The lowest BCUT2D eigenvalue weighted by molar-refractivity contribution is 2.00. The third-order valence-electron chi connectivity index (χ3n) is 0.126. The largest absolute Gasteiger partial charge is 0.344 e. The second kappa shape index (κ2) is 6.40. The number of hydrogen-bond donors (Lipinski definition) is 1. The Morgan fingerprint density at radius 2 is 1.67 bits per heavy atom. The monoisotopic (exact) mass is 165 g/mol. The molecule has 40 valence electrons. The highest BCUT2D eigenvalue weighted by molar-refractivity contribution is 8.04. The predicted octanol–water partition coefficient (Wildman–Crippen LogP) is 2.38. The normalized spacial score (nSPS) is 10.0. The Bertz CT molecular complexity index is 25.5. The third-order valence-corrected chi connectivity index (χ3v) is 3.40. The van der Waals surface area contributed by atoms with Crippen LogP contribution in [0.1, 0.15) is 0 Å². The molecule has 0 bridgehead atoms. The summed E-state index contributed by atoms with van der Waals surface area (Å²) >= 11 is 10.4. The second-order valence-electron chi connectivity index (χ2n) is 0.467. The molecule has 1 nitrogen and oxygen atoms in total. The molecule has 0 rings (SSSR count). The predicted molar refractivity (Wildman–Crippen MR) is 38.5 cm³/mol. The van der Waals surface area contributed by atoms with Gasteiger partial charge in [-0.1, -0.05) is 8.27 Å². The van der Waals surface area contributed by atoms with Crippen LogP contribution in [0, 0.1) is 0 Å². The van der Waals surface area contributed by atoms with Crippen molar-refractivity contribution in [1.82, 2.24) is 6.15 Å². The maximum atomic E-state index is 5.22. The first-order valence-electron chi connectivity index (χ1n) is 1.01. The van der Waals surface area contributed by atoms with Crippen molar-refractivity contribution in [1.29, 1.82) is 0 Å². The molecule has 0 radical (unpaired) electrons. The highest BCUT2D eigenvalue weighted by Crippen LogP contribution is 2.32. The first-order valence-corrected chi connectivity index (χ1v) is 4.77. The smallest absolute Gasteiger partial charge is 0.127 e. The zero-order valence-corrected chi connectivity index (χ0v) is 6.78. The fourth-order valence-electron chi connectivity index (χ4n) is 0. The molecule has 0 saturated heterocycles. The number of rotatable bonds is 1. The van der Waals surface area contributed by atoms with Crippen LogP contribution in [0.25, 0.3) is 0 Å². The summed E-state index contributed by atoms with van der Waals surface area (Å²) in [5, 5.41) is 0. The van der Waals surface area contributed by atoms with Crippen LogP contribution in [0.5, 0.6) is 0 Å². The topological polar surface area (TPSA) is 35.0 Å². The lowest BCUT2D eigenvalue weighted by atomic mass is 11.9. The van der Waals surface area contributed by atoms with Crippen molar-refractivity contribution in [2.75, 3.05) is 0 Å². The van der Waals surface area contributed by atoms with Gasteiger partial charge in [0.25, 0.3) is 0 Å². The van der Waals surface area contributed by atoms with E-state index in [1.807, 2.05) is 0 Å². The molecule has 0 aliphatic heterocycles. The van der Waals surface area contributed by atoms with Gasteiger partial charge in [0.1, 0.15) is 4.58 Å². The van der Waals surface area contributed by atoms with Crippen molar-refractivity contribution in [2.24, 2.45) is 0 Å². The molecule has 0 aromatic heterocycles. The standard InChI is InChI=1S/CH4Cl2P2.H3N/c2-1(3)5-4;/h1,5H,4H2;1H3. The molecule has 0 heterocycles. The van der Waals surface area contributed by atoms with Gasteiger partial charge in [-0.2, -0.15) is 0 Å². The molecule has 3 N–H and O–H groups in total. The van der Waals surface area contributed by atoms with Crippen LogP contribution in [-0.4, -0.2) is 4.58 Å². The van der Waals surface area contributed by atoms with E-state index < -0.39 is 0 Å². The zero-order valence-electron chi connectivity index (χ0n) is 3.12. The van der Waals surface area contributed by atoms with E-state index in [2.05, 4.69) is 8.93 Å². The van der Waals surface area contributed by atoms with Crippen LogP contribution in [0.2, 0.25) is 0 Å². The van der Waals surface area contributed by atoms with Gasteiger partial charge in [-0.25, -0.2) is 0 Å². The third kappa shape index (κ3) is 9.04. The molecule has 0 aliphatic rings. The van der Waals surface area contributed by atoms with Crippen LogP contribution in [0.3, 0.4) is 0 Å². The summed E-state index contributed by atoms with van der Waals surface area (Å²) in [6.45, 7) is 0. The minimum Gasteiger partial charge on any atom is -0.344 e. The van der Waals surface area contributed by atoms with E-state index in [0.717, 1.165) is 0 Å². The molecule has 0 saturated carbocycles. The lowest BCUT2D eigenvalue weighted by Crippen LogP contribution is -1.58. The van der Waals surface area contributed by atoms with Gasteiger partial charge in [0.2, 0.25) is 0 Å². The number of halogens is 2. The summed E-state index contributed by atoms with van der Waals surface area (Å²) in [6, 6.07) is 0. The molecule has 6 heavy (non-hydrogen) atoms. The Hall–Kier alpha value is 1.40. The molecule has 0 aromatic carbocycles. The van der Waals surface area contributed by atoms with E-state index in [0.29, 0.717) is 8.27 Å². The second-order valence-corrected chi connectivity index (χ2v) is 4.21. The molecule has 5 heteroatoms. The van der Waals surface area contributed by atoms with Crippen molar-refractivity contribution in [3.05, 3.63) is 0 Å². The molecule has 0 aromatic rings. The Morgan fingerprint density at radius 1 is 1.50 bits per heavy atom. The minimum absolute atomic E-state index is 0. The average molecular weight is 166 g/mol. The summed E-state index contributed by atoms with van der Waals surface area (Å²) in [5.74, 6) is 0. The van der Waals surface area contributed by atoms with E-state index >= 15 is 0 Å². The van der Waals surface area contributed by atoms with Crippen LogP contribution in [-0.2, 0) is 0 Å². The van der Waals surface area contributed by atoms with Gasteiger partial charge in [0.05, 0.1) is 0 Å². The molecule has 2 atom stereocenters. The molecular formula is CH7Cl2NP2. The van der Waals surface area contributed by atoms with Crippen molar-refractivity contribution in [2.45, 2.75) is 4.58 Å². The molecule has 0 spiro atoms. The summed E-state index contributed by atoms with van der Waals surface area (Å²) in [6.07, 6.45) is 0. The summed E-state index contributed by atoms with van der Waals surface area (Å²) in [7, 11) is 3.02. The van der Waals surface area contributed by atoms with Gasteiger partial charge in [-0.3, -0.25) is 0 Å². The van der Waals surface area contributed by atoms with E-state index in [4.69, 9.17) is 23.2 Å². The Balaban J connectivity index is 0. The molecule has 0 fully saturated rings. The van der Waals surface area contributed by atoms with Gasteiger partial charge >= 0.3 is 0 Å².